The van der Waals surface area contributed by atoms with Crippen LogP contribution in [0.15, 0.2) is 0 Å². The summed E-state index contributed by atoms with van der Waals surface area (Å²) in [7, 11) is 0. The Morgan fingerprint density at radius 2 is 2.00 bits per heavy atom. The average Bonchev–Trinajstić information content (AvgIpc) is 1.64. The molecule has 0 fully saturated rings. The molecular weight excluding hydrogens is 126 g/mol. The summed E-state index contributed by atoms with van der Waals surface area (Å²) in [6.07, 6.45) is 0.170. The van der Waals surface area contributed by atoms with Crippen LogP contribution in [0.1, 0.15) is 20.3 Å². The number of aliphatic hydroxyl groups excluding tert-OH is 1. The lowest BCUT2D eigenvalue weighted by atomic mass is 10.0. The maximum Gasteiger partial charge on any atom is 0.248 e. The number of aliphatic hydroxyl groups is 1. The molecule has 0 saturated carbocycles. The highest BCUT2D eigenvalue weighted by Gasteiger charge is 2.28. The van der Waals surface area contributed by atoms with Crippen molar-refractivity contribution in [2.45, 2.75) is 26.2 Å². The summed E-state index contributed by atoms with van der Waals surface area (Å²) in [4.78, 5) is 0. The first-order valence-electron chi connectivity index (χ1n) is 2.97. The number of alkyl halides is 2. The van der Waals surface area contributed by atoms with Gasteiger partial charge in [-0.15, -0.1) is 0 Å². The quantitative estimate of drug-likeness (QED) is 0.628. The molecule has 1 unspecified atom stereocenters. The molecule has 0 aromatic rings. The van der Waals surface area contributed by atoms with Gasteiger partial charge in [-0.05, 0) is 13.3 Å². The molecule has 0 aromatic carbocycles. The van der Waals surface area contributed by atoms with E-state index in [2.05, 4.69) is 0 Å². The summed E-state index contributed by atoms with van der Waals surface area (Å²) >= 11 is 0. The molecule has 1 N–H and O–H groups in total. The summed E-state index contributed by atoms with van der Waals surface area (Å²) in [6.45, 7) is 2.13. The Labute approximate surface area is 53.7 Å². The van der Waals surface area contributed by atoms with E-state index in [-0.39, 0.29) is 13.0 Å². The third-order valence-corrected chi connectivity index (χ3v) is 1.43. The Balaban J connectivity index is 3.59. The van der Waals surface area contributed by atoms with Crippen LogP contribution in [0, 0.1) is 5.92 Å². The third-order valence-electron chi connectivity index (χ3n) is 1.43. The second-order valence-electron chi connectivity index (χ2n) is 2.37. The van der Waals surface area contributed by atoms with Crippen LogP contribution in [0.25, 0.3) is 0 Å². The van der Waals surface area contributed by atoms with Crippen molar-refractivity contribution in [2.24, 2.45) is 5.92 Å². The average molecular weight is 138 g/mol. The van der Waals surface area contributed by atoms with Crippen LogP contribution >= 0.6 is 0 Å². The molecule has 0 saturated heterocycles. The zero-order chi connectivity index (χ0) is 7.49. The highest BCUT2D eigenvalue weighted by atomic mass is 19.3. The second-order valence-corrected chi connectivity index (χ2v) is 2.37. The van der Waals surface area contributed by atoms with E-state index in [1.807, 2.05) is 0 Å². The van der Waals surface area contributed by atoms with Gasteiger partial charge in [0.25, 0.3) is 0 Å². The van der Waals surface area contributed by atoms with E-state index in [0.29, 0.717) is 0 Å². The Bertz CT molecular complexity index is 77.6. The second kappa shape index (κ2) is 3.11. The van der Waals surface area contributed by atoms with Crippen molar-refractivity contribution in [3.05, 3.63) is 0 Å². The summed E-state index contributed by atoms with van der Waals surface area (Å²) < 4.78 is 24.4. The van der Waals surface area contributed by atoms with E-state index in [9.17, 15) is 8.78 Å². The van der Waals surface area contributed by atoms with E-state index in [4.69, 9.17) is 5.11 Å². The first-order chi connectivity index (χ1) is 3.98. The minimum absolute atomic E-state index is 0.162. The summed E-state index contributed by atoms with van der Waals surface area (Å²) in [5.41, 5.74) is 0. The molecule has 1 nitrogen and oxygen atoms in total. The standard InChI is InChI=1S/C6H12F2O/c1-5(3-4-9)6(2,7)8/h5,9H,3-4H2,1-2H3. The maximum atomic E-state index is 12.2. The fourth-order valence-corrected chi connectivity index (χ4v) is 0.447. The summed E-state index contributed by atoms with van der Waals surface area (Å²) in [5.74, 6) is -3.37. The Morgan fingerprint density at radius 1 is 1.56 bits per heavy atom. The van der Waals surface area contributed by atoms with Gasteiger partial charge in [0, 0.05) is 12.5 Å². The van der Waals surface area contributed by atoms with Gasteiger partial charge >= 0.3 is 0 Å². The fraction of sp³-hybridized carbons (Fsp3) is 1.00. The Morgan fingerprint density at radius 3 is 2.11 bits per heavy atom. The molecule has 0 rings (SSSR count). The molecule has 0 spiro atoms. The van der Waals surface area contributed by atoms with Crippen LogP contribution in [0.4, 0.5) is 8.78 Å². The smallest absolute Gasteiger partial charge is 0.248 e. The minimum Gasteiger partial charge on any atom is -0.396 e. The van der Waals surface area contributed by atoms with Gasteiger partial charge in [0.15, 0.2) is 0 Å². The Kier molecular flexibility index (Phi) is 3.04. The molecule has 0 bridgehead atoms. The van der Waals surface area contributed by atoms with Crippen molar-refractivity contribution < 1.29 is 13.9 Å². The molecular formula is C6H12F2O. The van der Waals surface area contributed by atoms with Gasteiger partial charge in [-0.1, -0.05) is 6.92 Å². The lowest BCUT2D eigenvalue weighted by Gasteiger charge is -2.17. The zero-order valence-corrected chi connectivity index (χ0v) is 5.69. The molecule has 0 aliphatic carbocycles. The van der Waals surface area contributed by atoms with Gasteiger partial charge < -0.3 is 5.11 Å². The van der Waals surface area contributed by atoms with E-state index in [0.717, 1.165) is 6.92 Å². The van der Waals surface area contributed by atoms with Gasteiger partial charge in [0.05, 0.1) is 0 Å². The van der Waals surface area contributed by atoms with Crippen molar-refractivity contribution in [1.29, 1.82) is 0 Å². The molecule has 0 aliphatic rings. The molecule has 0 aromatic heterocycles. The highest BCUT2D eigenvalue weighted by molar-refractivity contribution is 4.66. The summed E-state index contributed by atoms with van der Waals surface area (Å²) in [5, 5.41) is 8.27. The number of halogens is 2. The van der Waals surface area contributed by atoms with Gasteiger partial charge in [-0.3, -0.25) is 0 Å². The predicted octanol–water partition coefficient (Wildman–Crippen LogP) is 1.66. The molecule has 3 heteroatoms. The van der Waals surface area contributed by atoms with Gasteiger partial charge in [0.2, 0.25) is 5.92 Å². The van der Waals surface area contributed by atoms with Crippen LogP contribution in [0.5, 0.6) is 0 Å². The van der Waals surface area contributed by atoms with E-state index in [1.165, 1.54) is 6.92 Å². The summed E-state index contributed by atoms with van der Waals surface area (Å²) in [6, 6.07) is 0. The topological polar surface area (TPSA) is 20.2 Å². The monoisotopic (exact) mass is 138 g/mol. The highest BCUT2D eigenvalue weighted by Crippen LogP contribution is 2.25. The number of hydrogen-bond acceptors (Lipinski definition) is 1. The lowest BCUT2D eigenvalue weighted by Crippen LogP contribution is -2.22. The van der Waals surface area contributed by atoms with Crippen molar-refractivity contribution in [3.8, 4) is 0 Å². The SMILES string of the molecule is CC(CCO)C(C)(F)F. The van der Waals surface area contributed by atoms with Crippen molar-refractivity contribution in [2.75, 3.05) is 6.61 Å². The molecule has 0 radical (unpaired) electrons. The number of hydrogen-bond donors (Lipinski definition) is 1. The molecule has 1 atom stereocenters. The third kappa shape index (κ3) is 3.40. The minimum atomic E-state index is -2.65. The van der Waals surface area contributed by atoms with Crippen LogP contribution in [-0.4, -0.2) is 17.6 Å². The van der Waals surface area contributed by atoms with Crippen LogP contribution in [-0.2, 0) is 0 Å². The fourth-order valence-electron chi connectivity index (χ4n) is 0.447. The van der Waals surface area contributed by atoms with Gasteiger partial charge in [-0.2, -0.15) is 0 Å². The number of rotatable bonds is 3. The van der Waals surface area contributed by atoms with E-state index < -0.39 is 11.8 Å². The van der Waals surface area contributed by atoms with Crippen LogP contribution in [0.3, 0.4) is 0 Å². The van der Waals surface area contributed by atoms with Crippen molar-refractivity contribution in [3.63, 3.8) is 0 Å². The molecule has 0 aliphatic heterocycles. The molecule has 56 valence electrons. The first-order valence-corrected chi connectivity index (χ1v) is 2.97. The van der Waals surface area contributed by atoms with Crippen molar-refractivity contribution >= 4 is 0 Å². The molecule has 9 heavy (non-hydrogen) atoms. The maximum absolute atomic E-state index is 12.2. The normalized spacial score (nSPS) is 15.7. The van der Waals surface area contributed by atoms with Crippen LogP contribution < -0.4 is 0 Å². The van der Waals surface area contributed by atoms with Crippen LogP contribution in [0.2, 0.25) is 0 Å². The lowest BCUT2D eigenvalue weighted by molar-refractivity contribution is -0.0400. The first kappa shape index (κ1) is 8.82. The van der Waals surface area contributed by atoms with Gasteiger partial charge in [-0.25, -0.2) is 8.78 Å². The van der Waals surface area contributed by atoms with Gasteiger partial charge in [0.1, 0.15) is 0 Å². The molecule has 0 heterocycles. The Hall–Kier alpha value is -0.180. The largest absolute Gasteiger partial charge is 0.396 e. The molecule has 0 amide bonds. The van der Waals surface area contributed by atoms with E-state index >= 15 is 0 Å². The predicted molar refractivity (Wildman–Crippen MR) is 31.5 cm³/mol. The zero-order valence-electron chi connectivity index (χ0n) is 5.69. The van der Waals surface area contributed by atoms with Crippen molar-refractivity contribution in [1.82, 2.24) is 0 Å². The van der Waals surface area contributed by atoms with E-state index in [1.54, 1.807) is 0 Å².